The zero-order chi connectivity index (χ0) is 19.6. The maximum Gasteiger partial charge on any atom is 0.307 e. The molecule has 1 N–H and O–H groups in total. The quantitative estimate of drug-likeness (QED) is 0.683. The van der Waals surface area contributed by atoms with Gasteiger partial charge in [0.15, 0.2) is 0 Å². The maximum absolute atomic E-state index is 13.1. The largest absolute Gasteiger partial charge is 0.494 e. The van der Waals surface area contributed by atoms with Crippen LogP contribution < -0.4 is 10.1 Å². The van der Waals surface area contributed by atoms with Crippen LogP contribution in [0.1, 0.15) is 36.9 Å². The van der Waals surface area contributed by atoms with Crippen LogP contribution in [0.4, 0.5) is 4.39 Å². The van der Waals surface area contributed by atoms with Crippen LogP contribution in [-0.4, -0.2) is 25.6 Å². The van der Waals surface area contributed by atoms with Crippen LogP contribution >= 0.6 is 0 Å². The van der Waals surface area contributed by atoms with Crippen molar-refractivity contribution in [2.45, 2.75) is 32.2 Å². The Balaban J connectivity index is 1.95. The molecule has 144 valence electrons. The van der Waals surface area contributed by atoms with Crippen LogP contribution in [-0.2, 0) is 20.7 Å². The van der Waals surface area contributed by atoms with Gasteiger partial charge in [-0.3, -0.25) is 9.59 Å². The van der Waals surface area contributed by atoms with Gasteiger partial charge in [0.2, 0.25) is 5.91 Å². The number of benzene rings is 2. The first-order chi connectivity index (χ1) is 13.0. The Bertz CT molecular complexity index is 744. The zero-order valence-corrected chi connectivity index (χ0v) is 15.5. The fourth-order valence-electron chi connectivity index (χ4n) is 2.64. The number of methoxy groups -OCH3 is 1. The molecule has 1 unspecified atom stereocenters. The number of aryl methyl sites for hydroxylation is 1. The van der Waals surface area contributed by atoms with Crippen LogP contribution in [0.5, 0.6) is 5.75 Å². The molecular weight excluding hydrogens is 349 g/mol. The molecule has 2 rings (SSSR count). The normalized spacial score (nSPS) is 11.5. The Morgan fingerprint density at radius 2 is 1.74 bits per heavy atom. The van der Waals surface area contributed by atoms with E-state index in [9.17, 15) is 14.0 Å². The summed E-state index contributed by atoms with van der Waals surface area (Å²) < 4.78 is 23.2. The summed E-state index contributed by atoms with van der Waals surface area (Å²) in [6.07, 6.45) is 0.816. The monoisotopic (exact) mass is 373 g/mol. The minimum atomic E-state index is -0.564. The zero-order valence-electron chi connectivity index (χ0n) is 15.5. The molecule has 0 heterocycles. The molecule has 5 nitrogen and oxygen atoms in total. The van der Waals surface area contributed by atoms with Gasteiger partial charge < -0.3 is 14.8 Å². The first kappa shape index (κ1) is 20.4. The molecule has 2 aromatic rings. The summed E-state index contributed by atoms with van der Waals surface area (Å²) in [5, 5.41) is 2.83. The third kappa shape index (κ3) is 6.73. The van der Waals surface area contributed by atoms with Gasteiger partial charge in [0.05, 0.1) is 26.2 Å². The fourth-order valence-corrected chi connectivity index (χ4v) is 2.64. The fraction of sp³-hybridized carbons (Fsp3) is 0.333. The van der Waals surface area contributed by atoms with E-state index in [1.54, 1.807) is 12.1 Å². The van der Waals surface area contributed by atoms with Crippen molar-refractivity contribution in [2.75, 3.05) is 13.7 Å². The molecule has 0 aliphatic heterocycles. The van der Waals surface area contributed by atoms with Gasteiger partial charge in [-0.2, -0.15) is 0 Å². The molecular formula is C21H24FNO4. The Labute approximate surface area is 158 Å². The molecule has 0 aliphatic carbocycles. The average Bonchev–Trinajstić information content (AvgIpc) is 2.67. The van der Waals surface area contributed by atoms with E-state index in [1.165, 1.54) is 19.2 Å². The second kappa shape index (κ2) is 10.3. The predicted molar refractivity (Wildman–Crippen MR) is 99.8 cm³/mol. The number of nitrogens with one attached hydrogen (secondary N) is 1. The highest BCUT2D eigenvalue weighted by molar-refractivity contribution is 5.78. The minimum absolute atomic E-state index is 0.0169. The number of hydrogen-bond donors (Lipinski definition) is 1. The van der Waals surface area contributed by atoms with E-state index in [2.05, 4.69) is 5.32 Å². The Morgan fingerprint density at radius 3 is 2.33 bits per heavy atom. The van der Waals surface area contributed by atoms with Crippen LogP contribution in [0.25, 0.3) is 0 Å². The molecule has 0 saturated carbocycles. The van der Waals surface area contributed by atoms with Crippen LogP contribution in [0.2, 0.25) is 0 Å². The summed E-state index contributed by atoms with van der Waals surface area (Å²) in [6.45, 7) is 2.52. The van der Waals surface area contributed by atoms with Crippen LogP contribution in [0, 0.1) is 5.82 Å². The molecule has 2 aromatic carbocycles. The van der Waals surface area contributed by atoms with Crippen LogP contribution in [0.15, 0.2) is 48.5 Å². The summed E-state index contributed by atoms with van der Waals surface area (Å²) >= 11 is 0. The van der Waals surface area contributed by atoms with Gasteiger partial charge in [-0.15, -0.1) is 0 Å². The predicted octanol–water partition coefficient (Wildman–Crippen LogP) is 3.58. The summed E-state index contributed by atoms with van der Waals surface area (Å²) in [4.78, 5) is 24.0. The molecule has 0 saturated heterocycles. The highest BCUT2D eigenvalue weighted by Gasteiger charge is 2.19. The number of esters is 1. The standard InChI is InChI=1S/C21H24FNO4/c1-3-27-18-11-4-15(5-12-18)6-13-20(24)23-19(14-21(25)26-2)16-7-9-17(22)10-8-16/h4-5,7-12,19H,3,6,13-14H2,1-2H3,(H,23,24). The summed E-state index contributed by atoms with van der Waals surface area (Å²) in [7, 11) is 1.29. The van der Waals surface area contributed by atoms with E-state index in [0.717, 1.165) is 11.3 Å². The molecule has 0 bridgehead atoms. The minimum Gasteiger partial charge on any atom is -0.494 e. The van der Waals surface area contributed by atoms with Crippen molar-refractivity contribution in [2.24, 2.45) is 0 Å². The number of carbonyl (C=O) groups excluding carboxylic acids is 2. The number of amides is 1. The van der Waals surface area contributed by atoms with E-state index in [4.69, 9.17) is 9.47 Å². The van der Waals surface area contributed by atoms with E-state index in [0.29, 0.717) is 18.6 Å². The maximum atomic E-state index is 13.1. The number of rotatable bonds is 9. The van der Waals surface area contributed by atoms with Crippen molar-refractivity contribution in [1.82, 2.24) is 5.32 Å². The molecule has 1 atom stereocenters. The molecule has 0 aliphatic rings. The van der Waals surface area contributed by atoms with Gasteiger partial charge in [0.25, 0.3) is 0 Å². The summed E-state index contributed by atoms with van der Waals surface area (Å²) in [5.41, 5.74) is 1.66. The average molecular weight is 373 g/mol. The first-order valence-corrected chi connectivity index (χ1v) is 8.85. The SMILES string of the molecule is CCOc1ccc(CCC(=O)NC(CC(=O)OC)c2ccc(F)cc2)cc1. The highest BCUT2D eigenvalue weighted by Crippen LogP contribution is 2.19. The van der Waals surface area contributed by atoms with Crippen molar-refractivity contribution >= 4 is 11.9 Å². The summed E-state index contributed by atoms with van der Waals surface area (Å²) in [6, 6.07) is 12.7. The molecule has 0 fully saturated rings. The Morgan fingerprint density at radius 1 is 1.07 bits per heavy atom. The van der Waals surface area contributed by atoms with Crippen molar-refractivity contribution in [3.8, 4) is 5.75 Å². The lowest BCUT2D eigenvalue weighted by Crippen LogP contribution is -2.30. The van der Waals surface area contributed by atoms with E-state index < -0.39 is 12.0 Å². The first-order valence-electron chi connectivity index (χ1n) is 8.85. The second-order valence-electron chi connectivity index (χ2n) is 6.03. The van der Waals surface area contributed by atoms with Gasteiger partial charge in [0.1, 0.15) is 11.6 Å². The third-order valence-corrected chi connectivity index (χ3v) is 4.08. The van der Waals surface area contributed by atoms with Gasteiger partial charge in [-0.05, 0) is 48.7 Å². The van der Waals surface area contributed by atoms with Crippen molar-refractivity contribution < 1.29 is 23.5 Å². The molecule has 0 aromatic heterocycles. The Hall–Kier alpha value is -2.89. The molecule has 0 spiro atoms. The van der Waals surface area contributed by atoms with Crippen molar-refractivity contribution in [3.63, 3.8) is 0 Å². The number of carbonyl (C=O) groups is 2. The lowest BCUT2D eigenvalue weighted by molar-refractivity contribution is -0.141. The summed E-state index contributed by atoms with van der Waals surface area (Å²) in [5.74, 6) is -0.226. The van der Waals surface area contributed by atoms with Gasteiger partial charge in [0, 0.05) is 6.42 Å². The van der Waals surface area contributed by atoms with E-state index in [-0.39, 0.29) is 24.6 Å². The highest BCUT2D eigenvalue weighted by atomic mass is 19.1. The van der Waals surface area contributed by atoms with Gasteiger partial charge in [-0.1, -0.05) is 24.3 Å². The van der Waals surface area contributed by atoms with Gasteiger partial charge >= 0.3 is 5.97 Å². The number of halogens is 1. The number of ether oxygens (including phenoxy) is 2. The lowest BCUT2D eigenvalue weighted by Gasteiger charge is -2.18. The van der Waals surface area contributed by atoms with Crippen LogP contribution in [0.3, 0.4) is 0 Å². The molecule has 27 heavy (non-hydrogen) atoms. The van der Waals surface area contributed by atoms with Gasteiger partial charge in [-0.25, -0.2) is 4.39 Å². The number of hydrogen-bond acceptors (Lipinski definition) is 4. The van der Waals surface area contributed by atoms with Crippen molar-refractivity contribution in [1.29, 1.82) is 0 Å². The van der Waals surface area contributed by atoms with Crippen molar-refractivity contribution in [3.05, 3.63) is 65.5 Å². The molecule has 1 amide bonds. The molecule has 6 heteroatoms. The topological polar surface area (TPSA) is 64.6 Å². The second-order valence-corrected chi connectivity index (χ2v) is 6.03. The third-order valence-electron chi connectivity index (χ3n) is 4.08. The Kier molecular flexibility index (Phi) is 7.79. The van der Waals surface area contributed by atoms with E-state index in [1.807, 2.05) is 31.2 Å². The van der Waals surface area contributed by atoms with E-state index >= 15 is 0 Å². The smallest absolute Gasteiger partial charge is 0.307 e. The molecule has 0 radical (unpaired) electrons. The lowest BCUT2D eigenvalue weighted by atomic mass is 10.0.